The molecule has 5 N–H and O–H groups in total. The van der Waals surface area contributed by atoms with E-state index in [1.807, 2.05) is 78.9 Å². The number of Topliss-reactive ketones (excluding diaryl/α,β-unsaturated/α-hetero) is 1. The fourth-order valence-electron chi connectivity index (χ4n) is 11.5. The summed E-state index contributed by atoms with van der Waals surface area (Å²) in [5, 5.41) is 39.6. The van der Waals surface area contributed by atoms with Crippen LogP contribution < -0.4 is 164 Å². The minimum Gasteiger partial charge on any atom is -1.00 e. The van der Waals surface area contributed by atoms with Crippen molar-refractivity contribution in [2.24, 2.45) is 0 Å². The molecule has 0 aliphatic carbocycles. The zero-order valence-electron chi connectivity index (χ0n) is 65.6. The van der Waals surface area contributed by atoms with E-state index in [-0.39, 0.29) is 213 Å². The van der Waals surface area contributed by atoms with Crippen molar-refractivity contribution in [3.63, 3.8) is 0 Å². The van der Waals surface area contributed by atoms with Crippen LogP contribution in [0.2, 0.25) is 0 Å². The molecule has 11 heterocycles. The van der Waals surface area contributed by atoms with Crippen molar-refractivity contribution in [1.82, 2.24) is 59.5 Å². The normalized spacial score (nSPS) is 16.7. The summed E-state index contributed by atoms with van der Waals surface area (Å²) in [5.41, 5.74) is 0.0464. The van der Waals surface area contributed by atoms with Crippen molar-refractivity contribution in [2.45, 2.75) is 140 Å². The number of fused-ring (bicyclic) bond motifs is 2. The Morgan fingerprint density at radius 3 is 1.37 bits per heavy atom. The first-order valence-corrected chi connectivity index (χ1v) is 38.6. The number of halogens is 8. The molecule has 10 aromatic rings. The molecule has 5 aliphatic heterocycles. The number of alkyl halides is 2. The van der Waals surface area contributed by atoms with Gasteiger partial charge in [-0.15, -0.1) is 11.7 Å². The first-order valence-electron chi connectivity index (χ1n) is 35.7. The van der Waals surface area contributed by atoms with Crippen LogP contribution in [0, 0.1) is 17.8 Å². The molecule has 15 rings (SSSR count). The van der Waals surface area contributed by atoms with Crippen LogP contribution in [0.1, 0.15) is 131 Å². The molecule has 0 radical (unpaired) electrons. The van der Waals surface area contributed by atoms with Crippen LogP contribution in [0.3, 0.4) is 0 Å². The Kier molecular flexibility index (Phi) is 44.3. The number of phenolic OH excluding ortho intramolecular Hbond substituents is 1. The van der Waals surface area contributed by atoms with Gasteiger partial charge in [0, 0.05) is 150 Å². The molecule has 5 fully saturated rings. The van der Waals surface area contributed by atoms with Crippen molar-refractivity contribution in [1.29, 1.82) is 0 Å². The fraction of sp³-hybridized carbons (Fsp3) is 0.421. The Labute approximate surface area is 785 Å². The van der Waals surface area contributed by atoms with Gasteiger partial charge in [0.1, 0.15) is 40.0 Å². The third-order valence-corrected chi connectivity index (χ3v) is 20.1. The van der Waals surface area contributed by atoms with E-state index in [1.165, 1.54) is 82.7 Å². The van der Waals surface area contributed by atoms with E-state index >= 15 is 4.39 Å². The van der Waals surface area contributed by atoms with Crippen LogP contribution >= 0.6 is 34.0 Å². The molecule has 5 aliphatic rings. The number of hydrogen-bond acceptors (Lipinski definition) is 27. The summed E-state index contributed by atoms with van der Waals surface area (Å²) in [7, 11) is 0. The average Bonchev–Trinajstić information content (AvgIpc) is 1.70. The molecule has 0 amide bonds. The molecule has 5 saturated heterocycles. The number of piperidine rings is 1. The van der Waals surface area contributed by atoms with E-state index in [4.69, 9.17) is 33.7 Å². The van der Waals surface area contributed by atoms with Crippen molar-refractivity contribution in [3.8, 4) is 17.4 Å². The number of ether oxygens (including phenoxy) is 5. The van der Waals surface area contributed by atoms with Crippen molar-refractivity contribution in [3.05, 3.63) is 188 Å². The summed E-state index contributed by atoms with van der Waals surface area (Å²) in [6.07, 6.45) is 18.7. The predicted octanol–water partition coefficient (Wildman–Crippen LogP) is 10.1. The molecular weight excluding hydrogens is 1800 g/mol. The average molecular weight is 1890 g/mol. The Bertz CT molecular complexity index is 4280. The second-order valence-electron chi connectivity index (χ2n) is 26.4. The van der Waals surface area contributed by atoms with Gasteiger partial charge in [-0.25, -0.2) is 38.7 Å². The zero-order valence-corrected chi connectivity index (χ0v) is 79.6. The molecular formula is C76H92Cs2F8N14O11S3. The van der Waals surface area contributed by atoms with Crippen molar-refractivity contribution in [2.75, 3.05) is 76.6 Å². The van der Waals surface area contributed by atoms with Gasteiger partial charge in [0.25, 0.3) is 17.8 Å². The number of benzene rings is 4. The summed E-state index contributed by atoms with van der Waals surface area (Å²) in [5.74, 6) is -0.710. The summed E-state index contributed by atoms with van der Waals surface area (Å²) in [4.78, 5) is 60.2. The number of anilines is 4. The number of hydrogen-bond donors (Lipinski definition) is 5. The molecule has 25 nitrogen and oxygen atoms in total. The minimum absolute atomic E-state index is 0. The number of aromatic hydroxyl groups is 1. The Balaban J connectivity index is 0.000000288. The Hall–Kier alpha value is -5.11. The molecule has 6 aromatic heterocycles. The second kappa shape index (κ2) is 50.7. The molecule has 0 atom stereocenters. The van der Waals surface area contributed by atoms with Crippen LogP contribution in [0.25, 0.3) is 20.4 Å². The SMILES string of the molecule is CC1(C)CCCC(C)(C)N1.CCN(CC)S(F)(F)F.FC1(c2nccnc2Oc2ccc(Nc3nc4ccccc4s3)cc2)CCOCC1.Fc1cnccn1.Fc1nccnc1C1(F)CCOCC1.O=C1CCOCC1.O=CO[O-].OC1(c2nccnc2F)CCOCC1.Oc1ccc(Nc2nc3ccccc3s2)cc1.[Cs+].[Cs+].[H-]. The number of phenols is 1. The largest absolute Gasteiger partial charge is 1.00 e. The van der Waals surface area contributed by atoms with Gasteiger partial charge in [0.15, 0.2) is 21.6 Å². The van der Waals surface area contributed by atoms with Gasteiger partial charge in [-0.2, -0.15) is 17.5 Å². The molecule has 608 valence electrons. The van der Waals surface area contributed by atoms with Crippen molar-refractivity contribution < 1.29 is 226 Å². The van der Waals surface area contributed by atoms with Gasteiger partial charge < -0.3 is 61.4 Å². The van der Waals surface area contributed by atoms with Gasteiger partial charge >= 0.3 is 138 Å². The van der Waals surface area contributed by atoms with Crippen LogP contribution in [0.5, 0.6) is 17.4 Å². The van der Waals surface area contributed by atoms with E-state index in [2.05, 4.69) is 104 Å². The number of para-hydroxylation sites is 2. The van der Waals surface area contributed by atoms with E-state index < -0.39 is 46.2 Å². The number of thiazole rings is 2. The first-order chi connectivity index (χ1) is 53.6. The number of aromatic nitrogens is 10. The number of rotatable bonds is 13. The molecule has 38 heteroatoms. The summed E-state index contributed by atoms with van der Waals surface area (Å²) >= 11 is -1.73. The quantitative estimate of drug-likeness (QED) is 0.0235. The van der Waals surface area contributed by atoms with Gasteiger partial charge in [0.2, 0.25) is 23.7 Å². The monoisotopic (exact) mass is 1890 g/mol. The van der Waals surface area contributed by atoms with Gasteiger partial charge in [-0.3, -0.25) is 29.5 Å². The smallest absolute Gasteiger partial charge is 1.00 e. The van der Waals surface area contributed by atoms with Gasteiger partial charge in [-0.1, -0.05) is 60.8 Å². The number of carbonyl (C=O) groups is 2. The van der Waals surface area contributed by atoms with Crippen LogP contribution in [-0.2, 0) is 50.4 Å². The number of carbonyl (C=O) groups excluding carboxylic acids is 2. The Morgan fingerprint density at radius 1 is 0.579 bits per heavy atom. The number of aliphatic hydroxyl groups is 1. The summed E-state index contributed by atoms with van der Waals surface area (Å²) in [6.45, 7) is 15.5. The molecule has 114 heavy (non-hydrogen) atoms. The minimum atomic E-state index is -4.93. The van der Waals surface area contributed by atoms with Gasteiger partial charge in [-0.05, 0) is 120 Å². The first kappa shape index (κ1) is 99.5. The summed E-state index contributed by atoms with van der Waals surface area (Å²) in [6, 6.07) is 30.4. The zero-order chi connectivity index (χ0) is 81.1. The predicted molar refractivity (Wildman–Crippen MR) is 410 cm³/mol. The standard InChI is InChI=1S/C22H19FN4O2S.C13H10N2OS.C9H10F2N2O.C9H11FN2O2.C9H19N.C5H8O2.C4H10F3NS.C4H3FN2.CH2O3.2Cs.H/c23-22(9-13-28-14-10-22)19-20(25-12-11-24-19)29-16-7-5-15(6-8-16)26-21-27-17-3-1-2-4-18(17)30-21;16-10-7-5-9(6-8-10)14-13-15-11-3-1-2-4-12(11)17-13;10-8-7(12-3-4-13-8)9(11)1-5-14-6-2-9;10-8-7(11-3-4-12-8)9(13)1-5-14-6-2-9;1-8(2)6-5-7-9(3,4)10-8;6-5-1-3-7-4-2-5;1-3-8(4-2)9(5,6)7;5-4-3-6-1-2-7-4;2-1-4-3;;;/h1-8,11-12H,9-10,13-14H2,(H,26,27);1-8,16H,(H,14,15);3-4H,1-2,5-6H2;3-4,13H,1-2,5-6H2;10H,5-7H2,1-4H3;1-4H2;3-4H2,1-2H3;1-3H;1,3H;;;/q;;;;;;;;;2*+1;-1/p-1. The number of nitrogens with zero attached hydrogens (tertiary/aromatic N) is 11. The van der Waals surface area contributed by atoms with Crippen LogP contribution in [-0.4, -0.2) is 154 Å². The third-order valence-electron chi connectivity index (χ3n) is 17.1. The molecule has 4 aromatic carbocycles. The summed E-state index contributed by atoms with van der Waals surface area (Å²) < 4.78 is 132. The maximum atomic E-state index is 15.4. The second-order valence-corrected chi connectivity index (χ2v) is 29.8. The number of nitrogens with one attached hydrogen (secondary N) is 3. The maximum absolute atomic E-state index is 15.4. The van der Waals surface area contributed by atoms with Crippen LogP contribution in [0.4, 0.5) is 55.2 Å². The fourth-order valence-corrected chi connectivity index (χ4v) is 13.9. The molecule has 0 unspecified atom stereocenters. The molecule has 0 spiro atoms. The topological polar surface area (TPSA) is 321 Å². The maximum Gasteiger partial charge on any atom is 1.00 e. The van der Waals surface area contributed by atoms with E-state index in [0.717, 1.165) is 48.3 Å². The Morgan fingerprint density at radius 2 is 0.991 bits per heavy atom. The third kappa shape index (κ3) is 34.3. The molecule has 0 saturated carbocycles. The van der Waals surface area contributed by atoms with Gasteiger partial charge in [0.05, 0.1) is 66.3 Å². The van der Waals surface area contributed by atoms with E-state index in [1.54, 1.807) is 34.8 Å². The van der Waals surface area contributed by atoms with E-state index in [0.29, 0.717) is 105 Å². The van der Waals surface area contributed by atoms with Crippen LogP contribution in [0.15, 0.2) is 153 Å². The number of ketones is 1. The van der Waals surface area contributed by atoms with Crippen molar-refractivity contribution >= 4 is 88.4 Å². The van der Waals surface area contributed by atoms with E-state index in [9.17, 15) is 44.2 Å². The molecule has 0 bridgehead atoms.